The third-order valence-corrected chi connectivity index (χ3v) is 6.93. The van der Waals surface area contributed by atoms with Crippen molar-refractivity contribution in [2.24, 2.45) is 0 Å². The van der Waals surface area contributed by atoms with Crippen LogP contribution in [0.15, 0.2) is 59.5 Å². The molecule has 0 atom stereocenters. The van der Waals surface area contributed by atoms with E-state index in [1.165, 1.54) is 33.5 Å². The summed E-state index contributed by atoms with van der Waals surface area (Å²) in [5, 5.41) is 0. The predicted molar refractivity (Wildman–Crippen MR) is 114 cm³/mol. The summed E-state index contributed by atoms with van der Waals surface area (Å²) in [5.41, 5.74) is 0.819. The van der Waals surface area contributed by atoms with Crippen molar-refractivity contribution in [3.05, 3.63) is 60.2 Å². The smallest absolute Gasteiger partial charge is 0.338 e. The predicted octanol–water partition coefficient (Wildman–Crippen LogP) is 3.07. The van der Waals surface area contributed by atoms with Crippen molar-refractivity contribution in [1.29, 1.82) is 0 Å². The van der Waals surface area contributed by atoms with E-state index < -0.39 is 22.6 Å². The minimum Gasteiger partial charge on any atom is -0.452 e. The van der Waals surface area contributed by atoms with E-state index in [4.69, 9.17) is 4.74 Å². The Morgan fingerprint density at radius 1 is 1.00 bits per heavy atom. The largest absolute Gasteiger partial charge is 0.452 e. The van der Waals surface area contributed by atoms with Gasteiger partial charge in [-0.3, -0.25) is 4.79 Å². The second-order valence-corrected chi connectivity index (χ2v) is 8.98. The average molecular weight is 431 g/mol. The van der Waals surface area contributed by atoms with Crippen LogP contribution in [0.4, 0.5) is 5.69 Å². The molecular weight excluding hydrogens is 404 g/mol. The number of amides is 1. The maximum atomic E-state index is 12.8. The van der Waals surface area contributed by atoms with Crippen molar-refractivity contribution in [3.8, 4) is 0 Å². The SMILES string of the molecule is CCN(C(=O)COC(=O)c1cccc(S(=O)(=O)N2CCCCC2)c1)c1ccccc1. The fourth-order valence-corrected chi connectivity index (χ4v) is 5.00. The zero-order valence-electron chi connectivity index (χ0n) is 17.0. The first-order chi connectivity index (χ1) is 14.4. The Hall–Kier alpha value is -2.71. The summed E-state index contributed by atoms with van der Waals surface area (Å²) in [5.74, 6) is -1.09. The van der Waals surface area contributed by atoms with Crippen LogP contribution < -0.4 is 4.90 Å². The molecule has 0 bridgehead atoms. The van der Waals surface area contributed by atoms with E-state index >= 15 is 0 Å². The number of carbonyl (C=O) groups excluding carboxylic acids is 2. The Labute approximate surface area is 177 Å². The summed E-state index contributed by atoms with van der Waals surface area (Å²) in [7, 11) is -3.65. The molecule has 7 nitrogen and oxygen atoms in total. The van der Waals surface area contributed by atoms with E-state index in [0.29, 0.717) is 19.6 Å². The number of ether oxygens (including phenoxy) is 1. The second kappa shape index (κ2) is 9.86. The molecule has 8 heteroatoms. The van der Waals surface area contributed by atoms with Gasteiger partial charge < -0.3 is 9.64 Å². The highest BCUT2D eigenvalue weighted by Crippen LogP contribution is 2.21. The number of benzene rings is 2. The molecule has 30 heavy (non-hydrogen) atoms. The molecule has 0 saturated carbocycles. The number of piperidine rings is 1. The number of sulfonamides is 1. The van der Waals surface area contributed by atoms with Crippen molar-refractivity contribution in [2.75, 3.05) is 31.1 Å². The molecule has 0 aromatic heterocycles. The molecule has 2 aromatic rings. The Balaban J connectivity index is 1.67. The van der Waals surface area contributed by atoms with Crippen LogP contribution in [-0.4, -0.2) is 50.8 Å². The lowest BCUT2D eigenvalue weighted by atomic mass is 10.2. The fraction of sp³-hybridized carbons (Fsp3) is 0.364. The minimum absolute atomic E-state index is 0.0599. The van der Waals surface area contributed by atoms with Gasteiger partial charge in [-0.1, -0.05) is 30.7 Å². The zero-order valence-corrected chi connectivity index (χ0v) is 17.8. The van der Waals surface area contributed by atoms with Gasteiger partial charge in [0.1, 0.15) is 0 Å². The molecule has 1 aliphatic heterocycles. The van der Waals surface area contributed by atoms with Crippen molar-refractivity contribution in [1.82, 2.24) is 4.31 Å². The molecule has 0 spiro atoms. The van der Waals surface area contributed by atoms with Gasteiger partial charge in [-0.05, 0) is 50.1 Å². The highest BCUT2D eigenvalue weighted by atomic mass is 32.2. The highest BCUT2D eigenvalue weighted by molar-refractivity contribution is 7.89. The third kappa shape index (κ3) is 5.06. The van der Waals surface area contributed by atoms with E-state index in [-0.39, 0.29) is 16.4 Å². The Morgan fingerprint density at radius 3 is 2.37 bits per heavy atom. The van der Waals surface area contributed by atoms with Crippen molar-refractivity contribution < 1.29 is 22.7 Å². The lowest BCUT2D eigenvalue weighted by Gasteiger charge is -2.26. The van der Waals surface area contributed by atoms with Crippen molar-refractivity contribution >= 4 is 27.6 Å². The minimum atomic E-state index is -3.65. The average Bonchev–Trinajstić information content (AvgIpc) is 2.79. The lowest BCUT2D eigenvalue weighted by Crippen LogP contribution is -2.35. The summed E-state index contributed by atoms with van der Waals surface area (Å²) in [6.07, 6.45) is 2.68. The van der Waals surface area contributed by atoms with Gasteiger partial charge in [0.2, 0.25) is 10.0 Å². The molecule has 1 heterocycles. The van der Waals surface area contributed by atoms with Crippen molar-refractivity contribution in [2.45, 2.75) is 31.1 Å². The van der Waals surface area contributed by atoms with Gasteiger partial charge in [0.15, 0.2) is 6.61 Å². The van der Waals surface area contributed by atoms with E-state index in [1.54, 1.807) is 12.1 Å². The van der Waals surface area contributed by atoms with Gasteiger partial charge in [-0.15, -0.1) is 0 Å². The van der Waals surface area contributed by atoms with E-state index in [1.807, 2.05) is 25.1 Å². The van der Waals surface area contributed by atoms with Crippen LogP contribution in [0.1, 0.15) is 36.5 Å². The van der Waals surface area contributed by atoms with Gasteiger partial charge in [0, 0.05) is 25.3 Å². The number of hydrogen-bond donors (Lipinski definition) is 0. The number of nitrogens with zero attached hydrogens (tertiary/aromatic N) is 2. The monoisotopic (exact) mass is 430 g/mol. The summed E-state index contributed by atoms with van der Waals surface area (Å²) < 4.78 is 32.3. The molecule has 1 fully saturated rings. The number of likely N-dealkylation sites (N-methyl/N-ethyl adjacent to an activating group) is 1. The molecular formula is C22H26N2O5S. The summed E-state index contributed by atoms with van der Waals surface area (Å²) >= 11 is 0. The van der Waals surface area contributed by atoms with E-state index in [2.05, 4.69) is 0 Å². The molecule has 160 valence electrons. The molecule has 1 saturated heterocycles. The van der Waals surface area contributed by atoms with Crippen LogP contribution in [-0.2, 0) is 19.6 Å². The number of esters is 1. The van der Waals surface area contributed by atoms with Crippen LogP contribution in [0.2, 0.25) is 0 Å². The number of hydrogen-bond acceptors (Lipinski definition) is 5. The molecule has 0 unspecified atom stereocenters. The lowest BCUT2D eigenvalue weighted by molar-refractivity contribution is -0.121. The summed E-state index contributed by atoms with van der Waals surface area (Å²) in [6.45, 7) is 2.81. The molecule has 1 amide bonds. The van der Waals surface area contributed by atoms with Crippen molar-refractivity contribution in [3.63, 3.8) is 0 Å². The van der Waals surface area contributed by atoms with Crippen LogP contribution in [0.25, 0.3) is 0 Å². The van der Waals surface area contributed by atoms with Gasteiger partial charge in [-0.25, -0.2) is 13.2 Å². The normalized spacial score (nSPS) is 14.8. The Bertz CT molecular complexity index is 986. The van der Waals surface area contributed by atoms with Gasteiger partial charge in [0.25, 0.3) is 5.91 Å². The Morgan fingerprint density at radius 2 is 1.70 bits per heavy atom. The summed E-state index contributed by atoms with van der Waals surface area (Å²) in [4.78, 5) is 26.5. The fourth-order valence-electron chi connectivity index (χ4n) is 3.44. The van der Waals surface area contributed by atoms with Crippen LogP contribution in [0.3, 0.4) is 0 Å². The standard InChI is InChI=1S/C22H26N2O5S/c1-2-24(19-11-5-3-6-12-19)21(25)17-29-22(26)18-10-9-13-20(16-18)30(27,28)23-14-7-4-8-15-23/h3,5-6,9-13,16H,2,4,7-8,14-15,17H2,1H3. The van der Waals surface area contributed by atoms with Gasteiger partial charge in [-0.2, -0.15) is 4.31 Å². The molecule has 3 rings (SSSR count). The molecule has 0 radical (unpaired) electrons. The van der Waals surface area contributed by atoms with Crippen LogP contribution in [0, 0.1) is 0 Å². The van der Waals surface area contributed by atoms with E-state index in [9.17, 15) is 18.0 Å². The highest BCUT2D eigenvalue weighted by Gasteiger charge is 2.27. The molecule has 1 aliphatic rings. The topological polar surface area (TPSA) is 84.0 Å². The number of anilines is 1. The molecule has 2 aromatic carbocycles. The molecule has 0 N–H and O–H groups in total. The van der Waals surface area contributed by atoms with Gasteiger partial charge in [0.05, 0.1) is 10.5 Å². The number of para-hydroxylation sites is 1. The number of rotatable bonds is 7. The van der Waals surface area contributed by atoms with Crippen LogP contribution in [0.5, 0.6) is 0 Å². The summed E-state index contributed by atoms with van der Waals surface area (Å²) in [6, 6.07) is 14.9. The van der Waals surface area contributed by atoms with Gasteiger partial charge >= 0.3 is 5.97 Å². The quantitative estimate of drug-likeness (QED) is 0.631. The maximum Gasteiger partial charge on any atom is 0.338 e. The zero-order chi connectivity index (χ0) is 21.6. The van der Waals surface area contributed by atoms with E-state index in [0.717, 1.165) is 24.9 Å². The third-order valence-electron chi connectivity index (χ3n) is 5.03. The first-order valence-corrected chi connectivity index (χ1v) is 11.5. The Kier molecular flexibility index (Phi) is 7.23. The second-order valence-electron chi connectivity index (χ2n) is 7.04. The van der Waals surface area contributed by atoms with Crippen LogP contribution >= 0.6 is 0 Å². The first-order valence-electron chi connectivity index (χ1n) is 10.1. The molecule has 0 aliphatic carbocycles. The number of carbonyl (C=O) groups is 2. The maximum absolute atomic E-state index is 12.8. The first kappa shape index (κ1) is 22.0.